The third kappa shape index (κ3) is 29.0. The first-order valence-corrected chi connectivity index (χ1v) is 18.0. The number of amides is 1. The molecule has 0 saturated carbocycles. The number of allylic oxidation sites excluding steroid dienone is 1. The van der Waals surface area contributed by atoms with E-state index in [1.165, 1.54) is 135 Å². The van der Waals surface area contributed by atoms with Gasteiger partial charge >= 0.3 is 0 Å². The molecule has 0 aromatic rings. The van der Waals surface area contributed by atoms with Crippen molar-refractivity contribution in [1.29, 1.82) is 0 Å². The van der Waals surface area contributed by atoms with E-state index in [-0.39, 0.29) is 18.9 Å². The van der Waals surface area contributed by atoms with Gasteiger partial charge in [0, 0.05) is 0 Å². The van der Waals surface area contributed by atoms with Crippen LogP contribution in [-0.4, -0.2) is 46.1 Å². The number of unbranched alkanes of at least 4 members (excludes halogenated alkanes) is 23. The minimum absolute atomic E-state index is 0.0177. The van der Waals surface area contributed by atoms with Gasteiger partial charge in [0.25, 0.3) is 0 Å². The molecular formula is C36H71NO4. The quantitative estimate of drug-likeness (QED) is 0.0471. The lowest BCUT2D eigenvalue weighted by Gasteiger charge is -2.21. The van der Waals surface area contributed by atoms with Crippen LogP contribution in [0.5, 0.6) is 0 Å². The smallest absolute Gasteiger partial charge is 0.222 e. The van der Waals surface area contributed by atoms with E-state index in [0.717, 1.165) is 25.7 Å². The minimum Gasteiger partial charge on any atom is -0.394 e. The number of aliphatic hydroxyl groups excluding tert-OH is 3. The van der Waals surface area contributed by atoms with Gasteiger partial charge in [0.15, 0.2) is 0 Å². The van der Waals surface area contributed by atoms with Crippen molar-refractivity contribution in [2.75, 3.05) is 6.61 Å². The van der Waals surface area contributed by atoms with E-state index in [1.54, 1.807) is 6.08 Å². The molecule has 244 valence electrons. The first kappa shape index (κ1) is 40.1. The topological polar surface area (TPSA) is 89.8 Å². The highest BCUT2D eigenvalue weighted by Gasteiger charge is 2.20. The van der Waals surface area contributed by atoms with E-state index in [2.05, 4.69) is 19.2 Å². The first-order valence-electron chi connectivity index (χ1n) is 18.0. The van der Waals surface area contributed by atoms with E-state index < -0.39 is 18.2 Å². The number of carbonyl (C=O) groups is 1. The van der Waals surface area contributed by atoms with Crippen molar-refractivity contribution in [2.45, 2.75) is 205 Å². The summed E-state index contributed by atoms with van der Waals surface area (Å²) in [6.45, 7) is 4.17. The summed E-state index contributed by atoms with van der Waals surface area (Å²) in [7, 11) is 0. The number of nitrogens with one attached hydrogen (secondary N) is 1. The largest absolute Gasteiger partial charge is 0.394 e. The van der Waals surface area contributed by atoms with E-state index in [0.29, 0.717) is 6.42 Å². The zero-order valence-electron chi connectivity index (χ0n) is 27.4. The third-order valence-corrected chi connectivity index (χ3v) is 8.32. The van der Waals surface area contributed by atoms with Crippen LogP contribution in [0.4, 0.5) is 0 Å². The summed E-state index contributed by atoms with van der Waals surface area (Å²) >= 11 is 0. The standard InChI is InChI=1S/C36H71NO4/c1-3-5-7-9-11-13-14-15-16-17-18-19-20-22-23-25-27-29-33(39)31-36(41)37-34(32-38)35(40)30-28-26-24-21-12-10-8-6-4-2/h28,30,33-35,38-40H,3-27,29,31-32H2,1-2H3,(H,37,41)/b30-28+. The molecule has 0 bridgehead atoms. The SMILES string of the molecule is CCCCCCCCC/C=C/C(O)C(CO)NC(=O)CC(O)CCCCCCCCCCCCCCCCCCC. The van der Waals surface area contributed by atoms with E-state index >= 15 is 0 Å². The average molecular weight is 582 g/mol. The number of rotatable bonds is 32. The van der Waals surface area contributed by atoms with E-state index in [1.807, 2.05) is 6.08 Å². The van der Waals surface area contributed by atoms with Crippen LogP contribution in [0, 0.1) is 0 Å². The summed E-state index contributed by atoms with van der Waals surface area (Å²) in [4.78, 5) is 12.3. The van der Waals surface area contributed by atoms with Gasteiger partial charge in [-0.1, -0.05) is 174 Å². The average Bonchev–Trinajstić information content (AvgIpc) is 2.96. The molecule has 3 atom stereocenters. The van der Waals surface area contributed by atoms with Crippen LogP contribution in [-0.2, 0) is 4.79 Å². The molecule has 3 unspecified atom stereocenters. The Morgan fingerprint density at radius 1 is 0.610 bits per heavy atom. The predicted octanol–water partition coefficient (Wildman–Crippen LogP) is 9.31. The van der Waals surface area contributed by atoms with Gasteiger partial charge in [-0.3, -0.25) is 4.79 Å². The Morgan fingerprint density at radius 3 is 1.41 bits per heavy atom. The highest BCUT2D eigenvalue weighted by atomic mass is 16.3. The Balaban J connectivity index is 3.66. The Bertz CT molecular complexity index is 568. The Labute approximate surface area is 255 Å². The van der Waals surface area contributed by atoms with E-state index in [4.69, 9.17) is 0 Å². The highest BCUT2D eigenvalue weighted by molar-refractivity contribution is 5.76. The molecular weight excluding hydrogens is 510 g/mol. The van der Waals surface area contributed by atoms with Crippen molar-refractivity contribution < 1.29 is 20.1 Å². The van der Waals surface area contributed by atoms with Crippen LogP contribution in [0.25, 0.3) is 0 Å². The summed E-state index contributed by atoms with van der Waals surface area (Å²) in [5.41, 5.74) is 0. The lowest BCUT2D eigenvalue weighted by molar-refractivity contribution is -0.124. The van der Waals surface area contributed by atoms with Crippen molar-refractivity contribution in [1.82, 2.24) is 5.32 Å². The molecule has 0 heterocycles. The van der Waals surface area contributed by atoms with Crippen LogP contribution in [0.15, 0.2) is 12.2 Å². The number of hydrogen-bond donors (Lipinski definition) is 4. The van der Waals surface area contributed by atoms with Gasteiger partial charge < -0.3 is 20.6 Å². The predicted molar refractivity (Wildman–Crippen MR) is 176 cm³/mol. The third-order valence-electron chi connectivity index (χ3n) is 8.32. The van der Waals surface area contributed by atoms with Crippen LogP contribution in [0.2, 0.25) is 0 Å². The maximum Gasteiger partial charge on any atom is 0.222 e. The number of carbonyl (C=O) groups excluding carboxylic acids is 1. The number of aliphatic hydroxyl groups is 3. The Kier molecular flexibility index (Phi) is 31.3. The number of hydrogen-bond acceptors (Lipinski definition) is 4. The summed E-state index contributed by atoms with van der Waals surface area (Å²) < 4.78 is 0. The Morgan fingerprint density at radius 2 is 1.00 bits per heavy atom. The fourth-order valence-electron chi connectivity index (χ4n) is 5.51. The lowest BCUT2D eigenvalue weighted by Crippen LogP contribution is -2.45. The molecule has 0 spiro atoms. The molecule has 0 rings (SSSR count). The zero-order valence-corrected chi connectivity index (χ0v) is 27.4. The Hall–Kier alpha value is -0.910. The minimum atomic E-state index is -0.921. The monoisotopic (exact) mass is 582 g/mol. The van der Waals surface area contributed by atoms with Gasteiger partial charge in [0.1, 0.15) is 0 Å². The van der Waals surface area contributed by atoms with Gasteiger partial charge in [0.05, 0.1) is 31.3 Å². The van der Waals surface area contributed by atoms with Gasteiger partial charge in [-0.2, -0.15) is 0 Å². The molecule has 5 nitrogen and oxygen atoms in total. The van der Waals surface area contributed by atoms with Crippen LogP contribution in [0.3, 0.4) is 0 Å². The molecule has 0 radical (unpaired) electrons. The van der Waals surface area contributed by atoms with Crippen molar-refractivity contribution in [3.05, 3.63) is 12.2 Å². The molecule has 1 amide bonds. The van der Waals surface area contributed by atoms with Gasteiger partial charge in [-0.05, 0) is 19.3 Å². The van der Waals surface area contributed by atoms with Crippen molar-refractivity contribution >= 4 is 5.91 Å². The molecule has 5 heteroatoms. The fourth-order valence-corrected chi connectivity index (χ4v) is 5.51. The second kappa shape index (κ2) is 32.0. The molecule has 0 aromatic carbocycles. The molecule has 0 aliphatic carbocycles. The van der Waals surface area contributed by atoms with Crippen molar-refractivity contribution in [2.24, 2.45) is 0 Å². The molecule has 4 N–H and O–H groups in total. The van der Waals surface area contributed by atoms with Crippen LogP contribution >= 0.6 is 0 Å². The molecule has 0 fully saturated rings. The van der Waals surface area contributed by atoms with Crippen molar-refractivity contribution in [3.63, 3.8) is 0 Å². The van der Waals surface area contributed by atoms with Gasteiger partial charge in [0.2, 0.25) is 5.91 Å². The normalized spacial score (nSPS) is 14.0. The maximum absolute atomic E-state index is 12.3. The fraction of sp³-hybridized carbons (Fsp3) is 0.917. The van der Waals surface area contributed by atoms with Gasteiger partial charge in [-0.25, -0.2) is 0 Å². The molecule has 0 aliphatic rings. The van der Waals surface area contributed by atoms with Gasteiger partial charge in [-0.15, -0.1) is 0 Å². The second-order valence-electron chi connectivity index (χ2n) is 12.5. The summed E-state index contributed by atoms with van der Waals surface area (Å²) in [6, 6.07) is -0.736. The molecule has 41 heavy (non-hydrogen) atoms. The van der Waals surface area contributed by atoms with Crippen LogP contribution < -0.4 is 5.32 Å². The molecule has 0 aliphatic heterocycles. The molecule has 0 saturated heterocycles. The van der Waals surface area contributed by atoms with E-state index in [9.17, 15) is 20.1 Å². The maximum atomic E-state index is 12.3. The molecule has 0 aromatic heterocycles. The van der Waals surface area contributed by atoms with Crippen LogP contribution in [0.1, 0.15) is 187 Å². The summed E-state index contributed by atoms with van der Waals surface area (Å²) in [5, 5.41) is 32.9. The highest BCUT2D eigenvalue weighted by Crippen LogP contribution is 2.15. The first-order chi connectivity index (χ1) is 20.0. The summed E-state index contributed by atoms with van der Waals surface area (Å²) in [6.07, 6.45) is 34.8. The van der Waals surface area contributed by atoms with Crippen molar-refractivity contribution in [3.8, 4) is 0 Å². The zero-order chi connectivity index (χ0) is 30.2. The lowest BCUT2D eigenvalue weighted by atomic mass is 10.0. The second-order valence-corrected chi connectivity index (χ2v) is 12.5. The summed E-state index contributed by atoms with van der Waals surface area (Å²) in [5.74, 6) is -0.317.